The lowest BCUT2D eigenvalue weighted by molar-refractivity contribution is 0.238. The second-order valence-corrected chi connectivity index (χ2v) is 4.39. The van der Waals surface area contributed by atoms with Gasteiger partial charge in [-0.3, -0.25) is 5.32 Å². The van der Waals surface area contributed by atoms with Crippen LogP contribution in [-0.2, 0) is 4.74 Å². The topological polar surface area (TPSA) is 53.9 Å². The summed E-state index contributed by atoms with van der Waals surface area (Å²) in [6.07, 6.45) is 5.19. The van der Waals surface area contributed by atoms with E-state index in [4.69, 9.17) is 4.74 Å². The molecule has 5 nitrogen and oxygen atoms in total. The molecule has 7 heteroatoms. The van der Waals surface area contributed by atoms with Gasteiger partial charge in [0.15, 0.2) is 0 Å². The Morgan fingerprint density at radius 3 is 2.72 bits per heavy atom. The van der Waals surface area contributed by atoms with Crippen molar-refractivity contribution in [3.8, 4) is 11.8 Å². The van der Waals surface area contributed by atoms with E-state index >= 15 is 0 Å². The van der Waals surface area contributed by atoms with Crippen LogP contribution >= 0.6 is 23.9 Å². The number of rotatable bonds is 5. The van der Waals surface area contributed by atoms with Gasteiger partial charge in [-0.15, -0.1) is 5.92 Å². The Balaban J connectivity index is 4.54. The number of ether oxygens (including phenoxy) is 1. The first kappa shape index (κ1) is 16.7. The van der Waals surface area contributed by atoms with Crippen LogP contribution in [0.4, 0.5) is 4.79 Å². The molecule has 0 aromatic carbocycles. The van der Waals surface area contributed by atoms with Gasteiger partial charge in [-0.2, -0.15) is 0 Å². The van der Waals surface area contributed by atoms with Gasteiger partial charge in [-0.05, 0) is 30.8 Å². The van der Waals surface area contributed by atoms with Crippen LogP contribution in [0.5, 0.6) is 0 Å². The van der Waals surface area contributed by atoms with Crippen molar-refractivity contribution in [3.05, 3.63) is 12.7 Å². The van der Waals surface area contributed by atoms with Crippen molar-refractivity contribution in [2.75, 3.05) is 25.7 Å². The van der Waals surface area contributed by atoms with Crippen molar-refractivity contribution < 1.29 is 9.53 Å². The highest BCUT2D eigenvalue weighted by molar-refractivity contribution is 8.12. The maximum atomic E-state index is 11.8. The Labute approximate surface area is 117 Å². The summed E-state index contributed by atoms with van der Waals surface area (Å²) in [7, 11) is 0. The van der Waals surface area contributed by atoms with Gasteiger partial charge >= 0.3 is 6.03 Å². The van der Waals surface area contributed by atoms with Crippen molar-refractivity contribution >= 4 is 35.9 Å². The van der Waals surface area contributed by atoms with E-state index < -0.39 is 0 Å². The molecular weight excluding hydrogens is 270 g/mol. The highest BCUT2D eigenvalue weighted by Gasteiger charge is 2.14. The third-order valence-electron chi connectivity index (χ3n) is 1.53. The largest absolute Gasteiger partial charge is 0.461 e. The lowest BCUT2D eigenvalue weighted by atomic mass is 10.6. The van der Waals surface area contributed by atoms with E-state index in [0.717, 1.165) is 0 Å². The fourth-order valence-corrected chi connectivity index (χ4v) is 1.85. The number of amides is 2. The van der Waals surface area contributed by atoms with Gasteiger partial charge in [0.1, 0.15) is 13.2 Å². The molecule has 0 radical (unpaired) electrons. The van der Waals surface area contributed by atoms with Crippen LogP contribution in [0.3, 0.4) is 0 Å². The monoisotopic (exact) mass is 287 g/mol. The summed E-state index contributed by atoms with van der Waals surface area (Å²) in [5.41, 5.74) is 0. The number of amidine groups is 1. The van der Waals surface area contributed by atoms with Crippen molar-refractivity contribution in [1.82, 2.24) is 9.03 Å². The number of urea groups is 1. The zero-order chi connectivity index (χ0) is 13.8. The minimum atomic E-state index is -0.303. The Hall–Kier alpha value is -1.26. The SMILES string of the molecule is C=CCOC(=NCC#CC)NC(=O)N(SC)SC. The van der Waals surface area contributed by atoms with Gasteiger partial charge < -0.3 is 4.74 Å². The number of hydrogen-bond donors (Lipinski definition) is 1. The first-order valence-electron chi connectivity index (χ1n) is 5.06. The summed E-state index contributed by atoms with van der Waals surface area (Å²) in [6.45, 7) is 5.81. The van der Waals surface area contributed by atoms with E-state index in [0.29, 0.717) is 0 Å². The molecule has 0 atom stereocenters. The minimum Gasteiger partial charge on any atom is -0.461 e. The predicted octanol–water partition coefficient (Wildman–Crippen LogP) is 2.14. The number of carbonyl (C=O) groups is 1. The molecule has 0 unspecified atom stereocenters. The van der Waals surface area contributed by atoms with E-state index in [-0.39, 0.29) is 25.2 Å². The van der Waals surface area contributed by atoms with Crippen molar-refractivity contribution in [2.24, 2.45) is 4.99 Å². The molecule has 1 N–H and O–H groups in total. The van der Waals surface area contributed by atoms with Crippen LogP contribution in [0.25, 0.3) is 0 Å². The van der Waals surface area contributed by atoms with Gasteiger partial charge in [-0.1, -0.05) is 18.6 Å². The average molecular weight is 287 g/mol. The molecule has 0 aliphatic heterocycles. The van der Waals surface area contributed by atoms with Crippen LogP contribution in [0.2, 0.25) is 0 Å². The molecule has 2 amide bonds. The molecule has 0 aromatic rings. The summed E-state index contributed by atoms with van der Waals surface area (Å²) in [6, 6.07) is -0.155. The molecule has 100 valence electrons. The van der Waals surface area contributed by atoms with E-state index in [1.807, 2.05) is 0 Å². The van der Waals surface area contributed by atoms with Crippen LogP contribution in [0.1, 0.15) is 6.92 Å². The Bertz CT molecular complexity index is 357. The maximum Gasteiger partial charge on any atom is 0.345 e. The smallest absolute Gasteiger partial charge is 0.345 e. The standard InChI is InChI=1S/C11H17N3O2S2/c1-5-7-8-12-10(16-9-6-2)13-11(15)14(17-3)18-4/h6H,2,8-9H2,1,3-4H3,(H,12,13,15). The molecule has 0 spiro atoms. The van der Waals surface area contributed by atoms with Gasteiger partial charge in [0.2, 0.25) is 0 Å². The first-order valence-corrected chi connectivity index (χ1v) is 7.43. The van der Waals surface area contributed by atoms with Gasteiger partial charge in [-0.25, -0.2) is 13.5 Å². The van der Waals surface area contributed by atoms with Crippen LogP contribution in [-0.4, -0.2) is 41.4 Å². The molecule has 0 saturated carbocycles. The minimum absolute atomic E-state index is 0.149. The molecule has 0 aliphatic carbocycles. The van der Waals surface area contributed by atoms with E-state index in [2.05, 4.69) is 28.7 Å². The van der Waals surface area contributed by atoms with E-state index in [9.17, 15) is 4.79 Å². The quantitative estimate of drug-likeness (QED) is 0.277. The molecule has 0 aliphatic rings. The third-order valence-corrected chi connectivity index (χ3v) is 3.42. The fraction of sp³-hybridized carbons (Fsp3) is 0.455. The molecule has 0 heterocycles. The zero-order valence-electron chi connectivity index (χ0n) is 10.7. The number of nitrogens with zero attached hydrogens (tertiary/aromatic N) is 2. The van der Waals surface area contributed by atoms with Crippen molar-refractivity contribution in [1.29, 1.82) is 0 Å². The van der Waals surface area contributed by atoms with Crippen LogP contribution < -0.4 is 5.32 Å². The zero-order valence-corrected chi connectivity index (χ0v) is 12.4. The predicted molar refractivity (Wildman–Crippen MR) is 79.3 cm³/mol. The van der Waals surface area contributed by atoms with Crippen molar-refractivity contribution in [2.45, 2.75) is 6.92 Å². The Morgan fingerprint density at radius 2 is 2.22 bits per heavy atom. The molecule has 18 heavy (non-hydrogen) atoms. The number of carbonyl (C=O) groups excluding carboxylic acids is 1. The van der Waals surface area contributed by atoms with Crippen molar-refractivity contribution in [3.63, 3.8) is 0 Å². The molecular formula is C11H17N3O2S2. The number of aliphatic imine (C=N–C) groups is 1. The van der Waals surface area contributed by atoms with Gasteiger partial charge in [0.05, 0.1) is 0 Å². The maximum absolute atomic E-state index is 11.8. The van der Waals surface area contributed by atoms with Gasteiger partial charge in [0, 0.05) is 12.5 Å². The lowest BCUT2D eigenvalue weighted by Crippen LogP contribution is -2.37. The summed E-state index contributed by atoms with van der Waals surface area (Å²) in [5, 5.41) is 2.57. The van der Waals surface area contributed by atoms with Crippen LogP contribution in [0, 0.1) is 11.8 Å². The van der Waals surface area contributed by atoms with E-state index in [1.165, 1.54) is 27.6 Å². The molecule has 0 bridgehead atoms. The fourth-order valence-electron chi connectivity index (χ4n) is 0.827. The normalized spacial score (nSPS) is 10.1. The molecule has 0 saturated heterocycles. The second kappa shape index (κ2) is 10.9. The summed E-state index contributed by atoms with van der Waals surface area (Å²) in [5.74, 6) is 5.48. The Kier molecular flexibility index (Phi) is 10.1. The highest BCUT2D eigenvalue weighted by atomic mass is 32.2. The third kappa shape index (κ3) is 7.14. The number of nitrogens with one attached hydrogen (secondary N) is 1. The Morgan fingerprint density at radius 1 is 1.56 bits per heavy atom. The second-order valence-electron chi connectivity index (χ2n) is 2.70. The summed E-state index contributed by atoms with van der Waals surface area (Å²) >= 11 is 2.60. The summed E-state index contributed by atoms with van der Waals surface area (Å²) in [4.78, 5) is 15.8. The van der Waals surface area contributed by atoms with Gasteiger partial charge in [0.25, 0.3) is 6.02 Å². The molecule has 0 fully saturated rings. The lowest BCUT2D eigenvalue weighted by Gasteiger charge is -2.16. The average Bonchev–Trinajstić information content (AvgIpc) is 2.37. The van der Waals surface area contributed by atoms with Crippen LogP contribution in [0.15, 0.2) is 17.6 Å². The number of hydrogen-bond acceptors (Lipinski definition) is 5. The molecule has 0 rings (SSSR count). The summed E-state index contributed by atoms with van der Waals surface area (Å²) < 4.78 is 6.71. The van der Waals surface area contributed by atoms with E-state index in [1.54, 1.807) is 25.5 Å². The highest BCUT2D eigenvalue weighted by Crippen LogP contribution is 2.15. The first-order chi connectivity index (χ1) is 8.69. The molecule has 0 aromatic heterocycles.